The Morgan fingerprint density at radius 1 is 1.33 bits per heavy atom. The van der Waals surface area contributed by atoms with E-state index in [9.17, 15) is 18.3 Å². The molecule has 0 saturated heterocycles. The van der Waals surface area contributed by atoms with Crippen LogP contribution in [-0.2, 0) is 16.6 Å². The van der Waals surface area contributed by atoms with Gasteiger partial charge in [-0.05, 0) is 22.0 Å². The van der Waals surface area contributed by atoms with Crippen molar-refractivity contribution in [2.24, 2.45) is 0 Å². The topological polar surface area (TPSA) is 117 Å². The number of benzene rings is 1. The van der Waals surface area contributed by atoms with Gasteiger partial charge < -0.3 is 14.6 Å². The first-order valence-corrected chi connectivity index (χ1v) is 7.87. The van der Waals surface area contributed by atoms with Crippen LogP contribution in [0.1, 0.15) is 16.1 Å². The van der Waals surface area contributed by atoms with Crippen LogP contribution in [0.3, 0.4) is 0 Å². The highest BCUT2D eigenvalue weighted by Gasteiger charge is 2.25. The van der Waals surface area contributed by atoms with E-state index in [1.54, 1.807) is 18.2 Å². The Hall–Kier alpha value is -1.84. The molecule has 1 heterocycles. The number of hydrogen-bond donors (Lipinski definition) is 3. The van der Waals surface area contributed by atoms with Gasteiger partial charge in [0.05, 0.1) is 12.3 Å². The predicted octanol–water partition coefficient (Wildman–Crippen LogP) is 2.03. The molecule has 0 bridgehead atoms. The molecule has 0 spiro atoms. The maximum atomic E-state index is 12.3. The van der Waals surface area contributed by atoms with Crippen molar-refractivity contribution in [3.05, 3.63) is 46.3 Å². The zero-order chi connectivity index (χ0) is 15.6. The summed E-state index contributed by atoms with van der Waals surface area (Å²) in [4.78, 5) is 10.4. The van der Waals surface area contributed by atoms with E-state index in [0.29, 0.717) is 5.56 Å². The zero-order valence-electron chi connectivity index (χ0n) is 10.4. The van der Waals surface area contributed by atoms with Gasteiger partial charge in [-0.15, -0.1) is 0 Å². The van der Waals surface area contributed by atoms with Gasteiger partial charge in [0.15, 0.2) is 4.67 Å². The van der Waals surface area contributed by atoms with Crippen LogP contribution in [0.4, 0.5) is 5.69 Å². The largest absolute Gasteiger partial charge is 0.475 e. The number of nitrogens with one attached hydrogen (secondary N) is 1. The normalized spacial score (nSPS) is 11.3. The maximum Gasteiger partial charge on any atom is 0.371 e. The maximum absolute atomic E-state index is 12.3. The lowest BCUT2D eigenvalue weighted by molar-refractivity contribution is 0.0661. The van der Waals surface area contributed by atoms with E-state index in [-0.39, 0.29) is 21.9 Å². The molecule has 3 N–H and O–H groups in total. The van der Waals surface area contributed by atoms with Crippen molar-refractivity contribution in [3.63, 3.8) is 0 Å². The summed E-state index contributed by atoms with van der Waals surface area (Å²) < 4.78 is 31.4. The lowest BCUT2D eigenvalue weighted by atomic mass is 10.2. The highest BCUT2D eigenvalue weighted by atomic mass is 79.9. The molecule has 21 heavy (non-hydrogen) atoms. The van der Waals surface area contributed by atoms with E-state index >= 15 is 0 Å². The minimum atomic E-state index is -4.05. The molecule has 0 radical (unpaired) electrons. The van der Waals surface area contributed by atoms with Crippen molar-refractivity contribution in [1.29, 1.82) is 0 Å². The molecular formula is C12H10BrNO6S. The number of sulfonamides is 1. The summed E-state index contributed by atoms with van der Waals surface area (Å²) in [5, 5.41) is 18.0. The van der Waals surface area contributed by atoms with Gasteiger partial charge in [0, 0.05) is 11.6 Å². The van der Waals surface area contributed by atoms with Crippen LogP contribution in [0.2, 0.25) is 0 Å². The van der Waals surface area contributed by atoms with E-state index < -0.39 is 21.8 Å². The van der Waals surface area contributed by atoms with Crippen LogP contribution >= 0.6 is 15.9 Å². The number of aromatic carboxylic acids is 1. The van der Waals surface area contributed by atoms with E-state index in [2.05, 4.69) is 20.7 Å². The number of rotatable bonds is 5. The summed E-state index contributed by atoms with van der Waals surface area (Å²) in [6.45, 7) is -0.342. The number of aliphatic hydroxyl groups is 1. The summed E-state index contributed by atoms with van der Waals surface area (Å²) in [5.74, 6) is -1.88. The second-order valence-electron chi connectivity index (χ2n) is 3.97. The molecule has 2 aromatic rings. The van der Waals surface area contributed by atoms with Gasteiger partial charge in [-0.3, -0.25) is 4.72 Å². The minimum absolute atomic E-state index is 0.199. The lowest BCUT2D eigenvalue weighted by Crippen LogP contribution is -2.14. The molecule has 0 fully saturated rings. The summed E-state index contributed by atoms with van der Waals surface area (Å²) >= 11 is 2.87. The Labute approximate surface area is 128 Å². The van der Waals surface area contributed by atoms with Crippen LogP contribution in [0.15, 0.2) is 44.3 Å². The Morgan fingerprint density at radius 3 is 2.57 bits per heavy atom. The van der Waals surface area contributed by atoms with Gasteiger partial charge in [-0.25, -0.2) is 13.2 Å². The van der Waals surface area contributed by atoms with Crippen LogP contribution in [0.5, 0.6) is 0 Å². The molecule has 1 aromatic carbocycles. The van der Waals surface area contributed by atoms with E-state index in [1.165, 1.54) is 6.07 Å². The highest BCUT2D eigenvalue weighted by Crippen LogP contribution is 2.28. The fraction of sp³-hybridized carbons (Fsp3) is 0.0833. The van der Waals surface area contributed by atoms with Gasteiger partial charge in [-0.1, -0.05) is 18.2 Å². The Bertz CT molecular complexity index is 783. The minimum Gasteiger partial charge on any atom is -0.475 e. The van der Waals surface area contributed by atoms with Crippen LogP contribution in [0.25, 0.3) is 0 Å². The van der Waals surface area contributed by atoms with Crippen molar-refractivity contribution >= 4 is 37.6 Å². The first kappa shape index (κ1) is 15.5. The molecule has 2 rings (SSSR count). The molecule has 7 nitrogen and oxygen atoms in total. The summed E-state index contributed by atoms with van der Waals surface area (Å²) in [6.07, 6.45) is 0. The average Bonchev–Trinajstić information content (AvgIpc) is 2.82. The van der Waals surface area contributed by atoms with Crippen molar-refractivity contribution in [1.82, 2.24) is 0 Å². The molecule has 0 unspecified atom stereocenters. The molecule has 0 aliphatic carbocycles. The molecular weight excluding hydrogens is 366 g/mol. The standard InChI is InChI=1S/C12H10BrNO6S/c13-11-10(5-9(20-11)12(16)17)21(18,19)14-8-4-2-1-3-7(8)6-15/h1-5,14-15H,6H2,(H,16,17). The van der Waals surface area contributed by atoms with Gasteiger partial charge in [-0.2, -0.15) is 0 Å². The predicted molar refractivity (Wildman–Crippen MR) is 76.5 cm³/mol. The Kier molecular flexibility index (Phi) is 4.35. The van der Waals surface area contributed by atoms with E-state index in [4.69, 9.17) is 9.52 Å². The second kappa shape index (κ2) is 5.88. The number of aliphatic hydroxyl groups excluding tert-OH is 1. The number of anilines is 1. The van der Waals surface area contributed by atoms with Crippen molar-refractivity contribution in [3.8, 4) is 0 Å². The number of carboxylic acids is 1. The van der Waals surface area contributed by atoms with Crippen molar-refractivity contribution in [2.75, 3.05) is 4.72 Å². The number of hydrogen-bond acceptors (Lipinski definition) is 5. The summed E-state index contributed by atoms with van der Waals surface area (Å²) in [5.41, 5.74) is 0.587. The third kappa shape index (κ3) is 3.26. The van der Waals surface area contributed by atoms with Crippen LogP contribution in [-0.4, -0.2) is 24.6 Å². The highest BCUT2D eigenvalue weighted by molar-refractivity contribution is 9.10. The molecule has 9 heteroatoms. The number of halogens is 1. The van der Waals surface area contributed by atoms with E-state index in [1.807, 2.05) is 0 Å². The zero-order valence-corrected chi connectivity index (χ0v) is 12.8. The number of carboxylic acid groups (broad SMARTS) is 1. The quantitative estimate of drug-likeness (QED) is 0.735. The fourth-order valence-corrected chi connectivity index (χ4v) is 3.64. The van der Waals surface area contributed by atoms with Gasteiger partial charge in [0.1, 0.15) is 4.90 Å². The molecule has 0 aliphatic rings. The third-order valence-electron chi connectivity index (χ3n) is 2.59. The Morgan fingerprint density at radius 2 is 2.00 bits per heavy atom. The number of furan rings is 1. The van der Waals surface area contributed by atoms with E-state index in [0.717, 1.165) is 6.07 Å². The van der Waals surface area contributed by atoms with Crippen LogP contribution in [0, 0.1) is 0 Å². The molecule has 0 amide bonds. The molecule has 0 aliphatic heterocycles. The molecule has 0 atom stereocenters. The molecule has 112 valence electrons. The van der Waals surface area contributed by atoms with Crippen molar-refractivity contribution in [2.45, 2.75) is 11.5 Å². The summed E-state index contributed by atoms with van der Waals surface area (Å²) in [7, 11) is -4.05. The van der Waals surface area contributed by atoms with Gasteiger partial charge in [0.25, 0.3) is 10.0 Å². The first-order chi connectivity index (χ1) is 9.85. The monoisotopic (exact) mass is 375 g/mol. The molecule has 0 saturated carbocycles. The first-order valence-electron chi connectivity index (χ1n) is 5.59. The molecule has 1 aromatic heterocycles. The number of para-hydroxylation sites is 1. The summed E-state index contributed by atoms with van der Waals surface area (Å²) in [6, 6.07) is 7.19. The average molecular weight is 376 g/mol. The second-order valence-corrected chi connectivity index (χ2v) is 6.35. The Balaban J connectivity index is 2.41. The fourth-order valence-electron chi connectivity index (χ4n) is 1.60. The van der Waals surface area contributed by atoms with Crippen LogP contribution < -0.4 is 4.72 Å². The van der Waals surface area contributed by atoms with Gasteiger partial charge >= 0.3 is 5.97 Å². The smallest absolute Gasteiger partial charge is 0.371 e. The lowest BCUT2D eigenvalue weighted by Gasteiger charge is -2.10. The van der Waals surface area contributed by atoms with Gasteiger partial charge in [0.2, 0.25) is 5.76 Å². The number of carbonyl (C=O) groups is 1. The van der Waals surface area contributed by atoms with Crippen molar-refractivity contribution < 1.29 is 27.8 Å². The third-order valence-corrected chi connectivity index (χ3v) is 4.81. The SMILES string of the molecule is O=C(O)c1cc(S(=O)(=O)Nc2ccccc2CO)c(Br)o1.